The number of likely N-dealkylation sites (N-methyl/N-ethyl adjacent to an activating group) is 1. The van der Waals surface area contributed by atoms with Gasteiger partial charge in [-0.15, -0.1) is 0 Å². The largest absolute Gasteiger partial charge is 0.353 e. The van der Waals surface area contributed by atoms with Crippen LogP contribution in [0.4, 0.5) is 0 Å². The van der Waals surface area contributed by atoms with Crippen LogP contribution in [0.2, 0.25) is 0 Å². The molecule has 1 amide bonds. The van der Waals surface area contributed by atoms with Crippen LogP contribution in [0, 0.1) is 0 Å². The molecule has 0 aromatic heterocycles. The first kappa shape index (κ1) is 13.5. The van der Waals surface area contributed by atoms with Crippen molar-refractivity contribution in [3.05, 3.63) is 0 Å². The van der Waals surface area contributed by atoms with E-state index in [1.807, 2.05) is 13.8 Å². The van der Waals surface area contributed by atoms with Crippen molar-refractivity contribution >= 4 is 5.91 Å². The van der Waals surface area contributed by atoms with Crippen molar-refractivity contribution in [1.29, 1.82) is 0 Å². The van der Waals surface area contributed by atoms with E-state index in [1.165, 1.54) is 6.42 Å². The second kappa shape index (κ2) is 6.21. The molecule has 2 unspecified atom stereocenters. The molecule has 0 bridgehead atoms. The molecule has 2 atom stereocenters. The van der Waals surface area contributed by atoms with Crippen LogP contribution >= 0.6 is 0 Å². The molecule has 0 aliphatic heterocycles. The fraction of sp³-hybridized carbons (Fsp3) is 0.917. The van der Waals surface area contributed by atoms with Crippen LogP contribution in [0.3, 0.4) is 0 Å². The summed E-state index contributed by atoms with van der Waals surface area (Å²) < 4.78 is 0. The normalized spacial score (nSPS) is 25.4. The summed E-state index contributed by atoms with van der Waals surface area (Å²) in [6, 6.07) is 0.846. The molecule has 94 valence electrons. The fourth-order valence-electron chi connectivity index (χ4n) is 2.44. The summed E-state index contributed by atoms with van der Waals surface area (Å²) in [5, 5.41) is 2.92. The lowest BCUT2D eigenvalue weighted by Gasteiger charge is -2.30. The van der Waals surface area contributed by atoms with Gasteiger partial charge in [0.1, 0.15) is 0 Å². The van der Waals surface area contributed by atoms with Gasteiger partial charge in [-0.3, -0.25) is 9.69 Å². The molecular formula is C12H25N3O. The van der Waals surface area contributed by atoms with Crippen LogP contribution in [-0.2, 0) is 4.79 Å². The Labute approximate surface area is 98.6 Å². The Kier molecular flexibility index (Phi) is 5.22. The minimum atomic E-state index is 0.107. The molecule has 4 nitrogen and oxygen atoms in total. The van der Waals surface area contributed by atoms with Gasteiger partial charge in [0.25, 0.3) is 0 Å². The van der Waals surface area contributed by atoms with E-state index in [1.54, 1.807) is 0 Å². The molecular weight excluding hydrogens is 202 g/mol. The average Bonchev–Trinajstić information content (AvgIpc) is 2.60. The Balaban J connectivity index is 2.45. The Morgan fingerprint density at radius 2 is 2.19 bits per heavy atom. The monoisotopic (exact) mass is 227 g/mol. The molecule has 1 fully saturated rings. The molecule has 0 heterocycles. The van der Waals surface area contributed by atoms with Gasteiger partial charge in [0.2, 0.25) is 5.91 Å². The van der Waals surface area contributed by atoms with Gasteiger partial charge in [-0.25, -0.2) is 0 Å². The summed E-state index contributed by atoms with van der Waals surface area (Å²) in [6.07, 6.45) is 3.41. The van der Waals surface area contributed by atoms with Crippen LogP contribution in [0.1, 0.15) is 40.0 Å². The number of nitrogens with zero attached hydrogens (tertiary/aromatic N) is 1. The first-order chi connectivity index (χ1) is 7.54. The summed E-state index contributed by atoms with van der Waals surface area (Å²) in [4.78, 5) is 13.9. The molecule has 1 saturated carbocycles. The van der Waals surface area contributed by atoms with E-state index < -0.39 is 0 Å². The first-order valence-electron chi connectivity index (χ1n) is 6.33. The maximum absolute atomic E-state index is 11.7. The molecule has 1 aliphatic rings. The highest BCUT2D eigenvalue weighted by Gasteiger charge is 2.29. The summed E-state index contributed by atoms with van der Waals surface area (Å²) in [7, 11) is 0. The number of hydrogen-bond donors (Lipinski definition) is 2. The predicted octanol–water partition coefficient (Wildman–Crippen LogP) is 0.713. The highest BCUT2D eigenvalue weighted by Crippen LogP contribution is 2.22. The molecule has 1 aliphatic carbocycles. The van der Waals surface area contributed by atoms with E-state index in [-0.39, 0.29) is 18.0 Å². The van der Waals surface area contributed by atoms with Crippen molar-refractivity contribution in [2.75, 3.05) is 13.1 Å². The fourth-order valence-corrected chi connectivity index (χ4v) is 2.44. The van der Waals surface area contributed by atoms with Gasteiger partial charge >= 0.3 is 0 Å². The lowest BCUT2D eigenvalue weighted by atomic mass is 10.1. The molecule has 0 spiro atoms. The lowest BCUT2D eigenvalue weighted by Crippen LogP contribution is -2.49. The maximum Gasteiger partial charge on any atom is 0.234 e. The van der Waals surface area contributed by atoms with Crippen LogP contribution in [0.25, 0.3) is 0 Å². The van der Waals surface area contributed by atoms with Crippen molar-refractivity contribution in [3.63, 3.8) is 0 Å². The van der Waals surface area contributed by atoms with E-state index in [0.717, 1.165) is 19.4 Å². The average molecular weight is 227 g/mol. The molecule has 16 heavy (non-hydrogen) atoms. The van der Waals surface area contributed by atoms with Gasteiger partial charge in [0.15, 0.2) is 0 Å². The van der Waals surface area contributed by atoms with Crippen LogP contribution in [0.5, 0.6) is 0 Å². The van der Waals surface area contributed by atoms with E-state index in [4.69, 9.17) is 5.73 Å². The zero-order valence-corrected chi connectivity index (χ0v) is 10.7. The SMILES string of the molecule is CCN(CC(=O)NC(C)C)C1CCCC1N. The summed E-state index contributed by atoms with van der Waals surface area (Å²) in [6.45, 7) is 7.43. The highest BCUT2D eigenvalue weighted by atomic mass is 16.2. The number of rotatable bonds is 5. The third-order valence-electron chi connectivity index (χ3n) is 3.20. The Morgan fingerprint density at radius 1 is 1.50 bits per heavy atom. The zero-order valence-electron chi connectivity index (χ0n) is 10.7. The van der Waals surface area contributed by atoms with Crippen molar-refractivity contribution in [2.24, 2.45) is 5.73 Å². The smallest absolute Gasteiger partial charge is 0.234 e. The molecule has 0 saturated heterocycles. The zero-order chi connectivity index (χ0) is 12.1. The van der Waals surface area contributed by atoms with Crippen LogP contribution in [0.15, 0.2) is 0 Å². The summed E-state index contributed by atoms with van der Waals surface area (Å²) in [5.74, 6) is 0.107. The van der Waals surface area contributed by atoms with Crippen molar-refractivity contribution < 1.29 is 4.79 Å². The number of carbonyl (C=O) groups excluding carboxylic acids is 1. The van der Waals surface area contributed by atoms with Gasteiger partial charge in [-0.1, -0.05) is 13.3 Å². The Morgan fingerprint density at radius 3 is 2.62 bits per heavy atom. The molecule has 1 rings (SSSR count). The van der Waals surface area contributed by atoms with Gasteiger partial charge in [0.05, 0.1) is 6.54 Å². The second-order valence-electron chi connectivity index (χ2n) is 4.95. The Hall–Kier alpha value is -0.610. The minimum absolute atomic E-state index is 0.107. The molecule has 4 heteroatoms. The summed E-state index contributed by atoms with van der Waals surface area (Å²) in [5.41, 5.74) is 6.06. The van der Waals surface area contributed by atoms with Crippen molar-refractivity contribution in [1.82, 2.24) is 10.2 Å². The molecule has 0 aromatic carbocycles. The van der Waals surface area contributed by atoms with Gasteiger partial charge < -0.3 is 11.1 Å². The first-order valence-corrected chi connectivity index (χ1v) is 6.33. The highest BCUT2D eigenvalue weighted by molar-refractivity contribution is 5.78. The maximum atomic E-state index is 11.7. The number of carbonyl (C=O) groups is 1. The van der Waals surface area contributed by atoms with Gasteiger partial charge in [-0.2, -0.15) is 0 Å². The number of nitrogens with two attached hydrogens (primary N) is 1. The Bertz CT molecular complexity index is 230. The van der Waals surface area contributed by atoms with Crippen molar-refractivity contribution in [2.45, 2.75) is 58.2 Å². The number of hydrogen-bond acceptors (Lipinski definition) is 3. The van der Waals surface area contributed by atoms with E-state index in [9.17, 15) is 4.79 Å². The third kappa shape index (κ3) is 3.76. The second-order valence-corrected chi connectivity index (χ2v) is 4.95. The number of nitrogens with one attached hydrogen (secondary N) is 1. The van der Waals surface area contributed by atoms with E-state index >= 15 is 0 Å². The standard InChI is InChI=1S/C12H25N3O/c1-4-15(8-12(16)14-9(2)3)11-7-5-6-10(11)13/h9-11H,4-8,13H2,1-3H3,(H,14,16). The van der Waals surface area contributed by atoms with Crippen molar-refractivity contribution in [3.8, 4) is 0 Å². The molecule has 3 N–H and O–H groups in total. The minimum Gasteiger partial charge on any atom is -0.353 e. The quantitative estimate of drug-likeness (QED) is 0.727. The molecule has 0 radical (unpaired) electrons. The van der Waals surface area contributed by atoms with Gasteiger partial charge in [0, 0.05) is 18.1 Å². The van der Waals surface area contributed by atoms with Crippen LogP contribution in [-0.4, -0.2) is 42.0 Å². The predicted molar refractivity (Wildman–Crippen MR) is 66.1 cm³/mol. The van der Waals surface area contributed by atoms with Gasteiger partial charge in [-0.05, 0) is 33.2 Å². The lowest BCUT2D eigenvalue weighted by molar-refractivity contribution is -0.123. The summed E-state index contributed by atoms with van der Waals surface area (Å²) >= 11 is 0. The van der Waals surface area contributed by atoms with E-state index in [2.05, 4.69) is 17.1 Å². The topological polar surface area (TPSA) is 58.4 Å². The van der Waals surface area contributed by atoms with E-state index in [0.29, 0.717) is 12.6 Å². The van der Waals surface area contributed by atoms with Crippen LogP contribution < -0.4 is 11.1 Å². The third-order valence-corrected chi connectivity index (χ3v) is 3.20. The number of amides is 1. The molecule has 0 aromatic rings.